The number of nitrogens with one attached hydrogen (secondary N) is 1. The van der Waals surface area contributed by atoms with Crippen molar-refractivity contribution in [3.8, 4) is 11.5 Å². The number of amides is 1. The Hall–Kier alpha value is -3.56. The van der Waals surface area contributed by atoms with Gasteiger partial charge < -0.3 is 14.8 Å². The van der Waals surface area contributed by atoms with Gasteiger partial charge in [-0.2, -0.15) is 0 Å². The zero-order valence-electron chi connectivity index (χ0n) is 17.1. The highest BCUT2D eigenvalue weighted by Crippen LogP contribution is 2.38. The maximum absolute atomic E-state index is 12.6. The number of carbonyl (C=O) groups is 1. The zero-order valence-corrected chi connectivity index (χ0v) is 18.7. The van der Waals surface area contributed by atoms with Crippen LogP contribution in [0.4, 0.5) is 5.82 Å². The number of hydrogen-bond donors (Lipinski definition) is 1. The van der Waals surface area contributed by atoms with Gasteiger partial charge in [0.05, 0.1) is 19.9 Å². The van der Waals surface area contributed by atoms with Gasteiger partial charge in [-0.25, -0.2) is 9.97 Å². The molecule has 0 unspecified atom stereocenters. The SMILES string of the molecule is Cc1nc2c(cc(OCC(=O)Nc3ncccc3OCc3ccncc3)c3ccsc32)s1. The molecule has 0 radical (unpaired) electrons. The van der Waals surface area contributed by atoms with Crippen molar-refractivity contribution in [3.05, 3.63) is 70.9 Å². The summed E-state index contributed by atoms with van der Waals surface area (Å²) in [5.41, 5.74) is 1.96. The van der Waals surface area contributed by atoms with Crippen LogP contribution < -0.4 is 14.8 Å². The number of anilines is 1. The number of hydrogen-bond acceptors (Lipinski definition) is 8. The average Bonchev–Trinajstić information content (AvgIpc) is 3.43. The van der Waals surface area contributed by atoms with Crippen molar-refractivity contribution in [1.82, 2.24) is 15.0 Å². The van der Waals surface area contributed by atoms with Crippen LogP contribution >= 0.6 is 22.7 Å². The van der Waals surface area contributed by atoms with Gasteiger partial charge in [0, 0.05) is 30.0 Å². The van der Waals surface area contributed by atoms with Crippen LogP contribution in [0.15, 0.2) is 60.4 Å². The average molecular weight is 463 g/mol. The largest absolute Gasteiger partial charge is 0.485 e. The molecule has 0 aliphatic carbocycles. The highest BCUT2D eigenvalue weighted by atomic mass is 32.1. The van der Waals surface area contributed by atoms with Gasteiger partial charge in [0.2, 0.25) is 0 Å². The molecule has 1 amide bonds. The van der Waals surface area contributed by atoms with Crippen LogP contribution in [0.1, 0.15) is 10.6 Å². The number of fused-ring (bicyclic) bond motifs is 3. The minimum atomic E-state index is -0.318. The van der Waals surface area contributed by atoms with E-state index in [1.165, 1.54) is 0 Å². The predicted molar refractivity (Wildman–Crippen MR) is 127 cm³/mol. The van der Waals surface area contributed by atoms with E-state index in [1.54, 1.807) is 53.4 Å². The Morgan fingerprint density at radius 3 is 2.84 bits per heavy atom. The molecule has 0 saturated heterocycles. The molecule has 0 atom stereocenters. The van der Waals surface area contributed by atoms with Crippen molar-refractivity contribution in [2.45, 2.75) is 13.5 Å². The van der Waals surface area contributed by atoms with Crippen LogP contribution in [0.3, 0.4) is 0 Å². The molecule has 9 heteroatoms. The molecule has 0 aliphatic rings. The first-order chi connectivity index (χ1) is 15.7. The standard InChI is InChI=1S/C23H18N4O3S2/c1-14-26-21-19(32-14)11-18(16-6-10-31-22(16)21)30-13-20(28)27-23-17(3-2-7-25-23)29-12-15-4-8-24-9-5-15/h2-11H,12-13H2,1H3,(H,25,27,28). The molecule has 0 bridgehead atoms. The Bertz CT molecular complexity index is 1400. The van der Waals surface area contributed by atoms with Gasteiger partial charge in [-0.05, 0) is 48.2 Å². The van der Waals surface area contributed by atoms with Crippen molar-refractivity contribution < 1.29 is 14.3 Å². The molecule has 160 valence electrons. The van der Waals surface area contributed by atoms with Crippen molar-refractivity contribution in [2.24, 2.45) is 0 Å². The molecule has 1 N–H and O–H groups in total. The number of benzene rings is 1. The second-order valence-corrected chi connectivity index (χ2v) is 9.10. The third-order valence-corrected chi connectivity index (χ3v) is 6.54. The van der Waals surface area contributed by atoms with Gasteiger partial charge in [0.1, 0.15) is 12.4 Å². The first-order valence-corrected chi connectivity index (χ1v) is 11.5. The lowest BCUT2D eigenvalue weighted by Gasteiger charge is -2.12. The topological polar surface area (TPSA) is 86.2 Å². The third kappa shape index (κ3) is 4.25. The number of aryl methyl sites for hydroxylation is 1. The zero-order chi connectivity index (χ0) is 21.9. The van der Waals surface area contributed by atoms with E-state index < -0.39 is 0 Å². The Kier molecular flexibility index (Phi) is 5.66. The van der Waals surface area contributed by atoms with E-state index in [9.17, 15) is 4.79 Å². The van der Waals surface area contributed by atoms with Gasteiger partial charge in [0.25, 0.3) is 5.91 Å². The van der Waals surface area contributed by atoms with Crippen LogP contribution in [0, 0.1) is 6.92 Å². The lowest BCUT2D eigenvalue weighted by atomic mass is 10.2. The predicted octanol–water partition coefficient (Wildman–Crippen LogP) is 5.21. The van der Waals surface area contributed by atoms with E-state index in [0.717, 1.165) is 30.9 Å². The number of nitrogens with zero attached hydrogens (tertiary/aromatic N) is 3. The van der Waals surface area contributed by atoms with E-state index in [-0.39, 0.29) is 12.5 Å². The van der Waals surface area contributed by atoms with Crippen LogP contribution in [0.2, 0.25) is 0 Å². The smallest absolute Gasteiger partial charge is 0.263 e. The minimum absolute atomic E-state index is 0.144. The molecule has 0 fully saturated rings. The molecular formula is C23H18N4O3S2. The maximum Gasteiger partial charge on any atom is 0.263 e. The fourth-order valence-electron chi connectivity index (χ4n) is 3.26. The second kappa shape index (κ2) is 8.89. The van der Waals surface area contributed by atoms with Crippen molar-refractivity contribution in [3.63, 3.8) is 0 Å². The summed E-state index contributed by atoms with van der Waals surface area (Å²) < 4.78 is 13.8. The molecule has 0 spiro atoms. The summed E-state index contributed by atoms with van der Waals surface area (Å²) >= 11 is 3.23. The monoisotopic (exact) mass is 462 g/mol. The van der Waals surface area contributed by atoms with Crippen LogP contribution in [0.5, 0.6) is 11.5 Å². The summed E-state index contributed by atoms with van der Waals surface area (Å²) in [6, 6.07) is 11.2. The van der Waals surface area contributed by atoms with E-state index in [0.29, 0.717) is 23.9 Å². The van der Waals surface area contributed by atoms with Gasteiger partial charge in [0.15, 0.2) is 18.2 Å². The molecule has 1 aromatic carbocycles. The normalized spacial score (nSPS) is 11.0. The first kappa shape index (κ1) is 20.3. The van der Waals surface area contributed by atoms with Crippen molar-refractivity contribution in [1.29, 1.82) is 0 Å². The van der Waals surface area contributed by atoms with Crippen molar-refractivity contribution in [2.75, 3.05) is 11.9 Å². The highest BCUT2D eigenvalue weighted by Gasteiger charge is 2.15. The molecule has 0 saturated carbocycles. The van der Waals surface area contributed by atoms with Crippen LogP contribution in [-0.4, -0.2) is 27.5 Å². The quantitative estimate of drug-likeness (QED) is 0.358. The Morgan fingerprint density at radius 1 is 1.09 bits per heavy atom. The summed E-state index contributed by atoms with van der Waals surface area (Å²) in [5.74, 6) is 1.19. The number of carbonyl (C=O) groups excluding carboxylic acids is 1. The number of pyridine rings is 2. The summed E-state index contributed by atoms with van der Waals surface area (Å²) in [6.07, 6.45) is 5.01. The van der Waals surface area contributed by atoms with Gasteiger partial charge >= 0.3 is 0 Å². The molecular weight excluding hydrogens is 444 g/mol. The molecule has 7 nitrogen and oxygen atoms in total. The fraction of sp³-hybridized carbons (Fsp3) is 0.130. The molecule has 4 heterocycles. The summed E-state index contributed by atoms with van der Waals surface area (Å²) in [4.78, 5) is 25.5. The maximum atomic E-state index is 12.6. The van der Waals surface area contributed by atoms with E-state index >= 15 is 0 Å². The number of aromatic nitrogens is 3. The number of rotatable bonds is 7. The molecule has 32 heavy (non-hydrogen) atoms. The fourth-order valence-corrected chi connectivity index (χ4v) is 5.09. The van der Waals surface area contributed by atoms with Gasteiger partial charge in [-0.15, -0.1) is 22.7 Å². The van der Waals surface area contributed by atoms with E-state index in [4.69, 9.17) is 9.47 Å². The number of ether oxygens (including phenoxy) is 2. The molecule has 0 aliphatic heterocycles. The Balaban J connectivity index is 1.28. The molecule has 5 aromatic rings. The second-order valence-electron chi connectivity index (χ2n) is 6.95. The Labute approximate surface area is 191 Å². The van der Waals surface area contributed by atoms with Gasteiger partial charge in [-0.1, -0.05) is 0 Å². The summed E-state index contributed by atoms with van der Waals surface area (Å²) in [6.45, 7) is 2.19. The van der Waals surface area contributed by atoms with Crippen LogP contribution in [0.25, 0.3) is 20.3 Å². The lowest BCUT2D eigenvalue weighted by Crippen LogP contribution is -2.21. The van der Waals surface area contributed by atoms with E-state index in [1.807, 2.05) is 36.6 Å². The number of thiophene rings is 1. The summed E-state index contributed by atoms with van der Waals surface area (Å²) in [5, 5.41) is 6.74. The summed E-state index contributed by atoms with van der Waals surface area (Å²) in [7, 11) is 0. The Morgan fingerprint density at radius 2 is 1.97 bits per heavy atom. The minimum Gasteiger partial charge on any atom is -0.485 e. The third-order valence-electron chi connectivity index (χ3n) is 4.70. The van der Waals surface area contributed by atoms with Gasteiger partial charge in [-0.3, -0.25) is 9.78 Å². The molecule has 4 aromatic heterocycles. The first-order valence-electron chi connectivity index (χ1n) is 9.84. The van der Waals surface area contributed by atoms with Crippen LogP contribution in [-0.2, 0) is 11.4 Å². The lowest BCUT2D eigenvalue weighted by molar-refractivity contribution is -0.118. The van der Waals surface area contributed by atoms with E-state index in [2.05, 4.69) is 20.3 Å². The van der Waals surface area contributed by atoms with Crippen molar-refractivity contribution >= 4 is 54.7 Å². The number of thiazole rings is 1. The molecule has 5 rings (SSSR count). The highest BCUT2D eigenvalue weighted by molar-refractivity contribution is 7.21.